The summed E-state index contributed by atoms with van der Waals surface area (Å²) in [6, 6.07) is 0.356. The summed E-state index contributed by atoms with van der Waals surface area (Å²) >= 11 is 0. The normalized spacial score (nSPS) is 13.1. The second kappa shape index (κ2) is 5.97. The van der Waals surface area contributed by atoms with Crippen molar-refractivity contribution >= 4 is 0 Å². The lowest BCUT2D eigenvalue weighted by Gasteiger charge is -2.15. The van der Waals surface area contributed by atoms with E-state index in [9.17, 15) is 0 Å². The Morgan fingerprint density at radius 3 is 2.79 bits per heavy atom. The molecule has 0 aliphatic carbocycles. The van der Waals surface area contributed by atoms with E-state index < -0.39 is 0 Å². The highest BCUT2D eigenvalue weighted by Gasteiger charge is 2.16. The van der Waals surface area contributed by atoms with E-state index in [1.165, 1.54) is 0 Å². The lowest BCUT2D eigenvalue weighted by atomic mass is 10.0. The van der Waals surface area contributed by atoms with Gasteiger partial charge >= 0.3 is 0 Å². The van der Waals surface area contributed by atoms with E-state index in [0.29, 0.717) is 23.7 Å². The highest BCUT2D eigenvalue weighted by atomic mass is 16.5. The lowest BCUT2D eigenvalue weighted by Crippen LogP contribution is -2.29. The minimum atomic E-state index is 0.356. The number of nitrogens with zero attached hydrogens (tertiary/aromatic N) is 4. The molecular weight excluding hydrogens is 242 g/mol. The molecule has 0 saturated heterocycles. The Kier molecular flexibility index (Phi) is 4.31. The molecule has 6 nitrogen and oxygen atoms in total. The molecule has 0 spiro atoms. The lowest BCUT2D eigenvalue weighted by molar-refractivity contribution is 0.345. The Morgan fingerprint density at radius 1 is 1.42 bits per heavy atom. The zero-order valence-electron chi connectivity index (χ0n) is 11.9. The maximum absolute atomic E-state index is 5.30. The Labute approximate surface area is 113 Å². The molecule has 2 rings (SSSR count). The molecule has 0 aliphatic rings. The number of nitrogens with one attached hydrogen (secondary N) is 1. The van der Waals surface area contributed by atoms with Crippen LogP contribution >= 0.6 is 0 Å². The van der Waals surface area contributed by atoms with Gasteiger partial charge in [0.25, 0.3) is 0 Å². The molecule has 0 amide bonds. The van der Waals surface area contributed by atoms with Crippen LogP contribution in [0.25, 0.3) is 11.6 Å². The first kappa shape index (κ1) is 13.7. The summed E-state index contributed by atoms with van der Waals surface area (Å²) in [5, 5.41) is 7.28. The van der Waals surface area contributed by atoms with Gasteiger partial charge in [0.2, 0.25) is 11.7 Å². The average molecular weight is 263 g/mol. The summed E-state index contributed by atoms with van der Waals surface area (Å²) in [7, 11) is 3.87. The van der Waals surface area contributed by atoms with Gasteiger partial charge in [-0.2, -0.15) is 4.98 Å². The summed E-state index contributed by atoms with van der Waals surface area (Å²) in [5.41, 5.74) is 0. The number of aromatic nitrogens is 4. The summed E-state index contributed by atoms with van der Waals surface area (Å²) in [6.45, 7) is 4.41. The Bertz CT molecular complexity index is 517. The van der Waals surface area contributed by atoms with Crippen molar-refractivity contribution in [3.05, 3.63) is 18.3 Å². The molecule has 0 radical (unpaired) electrons. The standard InChI is InChI=1S/C13H21N5O/c1-9(2)7-10(14-3)8-11-16-12(17-19-11)13-15-5-6-18(13)4/h5-6,9-10,14H,7-8H2,1-4H3. The maximum Gasteiger partial charge on any atom is 0.238 e. The van der Waals surface area contributed by atoms with Crippen molar-refractivity contribution in [1.82, 2.24) is 25.0 Å². The van der Waals surface area contributed by atoms with Crippen molar-refractivity contribution in [3.8, 4) is 11.6 Å². The van der Waals surface area contributed by atoms with Gasteiger partial charge in [0.05, 0.1) is 0 Å². The number of aryl methyl sites for hydroxylation is 1. The summed E-state index contributed by atoms with van der Waals surface area (Å²) < 4.78 is 7.18. The quantitative estimate of drug-likeness (QED) is 0.858. The monoisotopic (exact) mass is 263 g/mol. The molecule has 2 aromatic rings. The number of rotatable bonds is 6. The zero-order chi connectivity index (χ0) is 13.8. The van der Waals surface area contributed by atoms with Crippen molar-refractivity contribution < 1.29 is 4.52 Å². The fourth-order valence-corrected chi connectivity index (χ4v) is 2.09. The number of likely N-dealkylation sites (N-methyl/N-ethyl adjacent to an activating group) is 1. The molecule has 0 saturated carbocycles. The van der Waals surface area contributed by atoms with Gasteiger partial charge in [0.1, 0.15) is 0 Å². The number of imidazole rings is 1. The van der Waals surface area contributed by atoms with Crippen LogP contribution in [0.15, 0.2) is 16.9 Å². The fraction of sp³-hybridized carbons (Fsp3) is 0.615. The Morgan fingerprint density at radius 2 is 2.21 bits per heavy atom. The Hall–Kier alpha value is -1.69. The maximum atomic E-state index is 5.30. The predicted molar refractivity (Wildman–Crippen MR) is 72.5 cm³/mol. The molecule has 0 fully saturated rings. The molecule has 104 valence electrons. The molecule has 0 bridgehead atoms. The first-order chi connectivity index (χ1) is 9.10. The van der Waals surface area contributed by atoms with Crippen LogP contribution in [0.5, 0.6) is 0 Å². The molecule has 2 heterocycles. The molecule has 0 aromatic carbocycles. The fourth-order valence-electron chi connectivity index (χ4n) is 2.09. The smallest absolute Gasteiger partial charge is 0.238 e. The van der Waals surface area contributed by atoms with E-state index in [2.05, 4.69) is 34.3 Å². The minimum absolute atomic E-state index is 0.356. The SMILES string of the molecule is CNC(Cc1nc(-c2nccn2C)no1)CC(C)C. The molecule has 1 atom stereocenters. The van der Waals surface area contributed by atoms with Gasteiger partial charge < -0.3 is 14.4 Å². The topological polar surface area (TPSA) is 68.8 Å². The second-order valence-corrected chi connectivity index (χ2v) is 5.19. The van der Waals surface area contributed by atoms with E-state index in [1.807, 2.05) is 24.9 Å². The van der Waals surface area contributed by atoms with E-state index in [0.717, 1.165) is 18.7 Å². The van der Waals surface area contributed by atoms with Crippen LogP contribution in [0.4, 0.5) is 0 Å². The van der Waals surface area contributed by atoms with Crippen LogP contribution in [-0.4, -0.2) is 32.8 Å². The van der Waals surface area contributed by atoms with Crippen LogP contribution in [-0.2, 0) is 13.5 Å². The number of hydrogen-bond acceptors (Lipinski definition) is 5. The third-order valence-corrected chi connectivity index (χ3v) is 3.07. The van der Waals surface area contributed by atoms with Gasteiger partial charge in [0, 0.05) is 31.9 Å². The van der Waals surface area contributed by atoms with Crippen molar-refractivity contribution in [2.45, 2.75) is 32.7 Å². The van der Waals surface area contributed by atoms with Crippen LogP contribution in [0, 0.1) is 5.92 Å². The zero-order valence-corrected chi connectivity index (χ0v) is 11.9. The molecule has 19 heavy (non-hydrogen) atoms. The third kappa shape index (κ3) is 3.41. The van der Waals surface area contributed by atoms with E-state index in [1.54, 1.807) is 6.20 Å². The van der Waals surface area contributed by atoms with E-state index in [-0.39, 0.29) is 0 Å². The van der Waals surface area contributed by atoms with Crippen LogP contribution in [0.2, 0.25) is 0 Å². The van der Waals surface area contributed by atoms with Gasteiger partial charge in [-0.05, 0) is 19.4 Å². The average Bonchev–Trinajstić information content (AvgIpc) is 2.96. The largest absolute Gasteiger partial charge is 0.339 e. The molecule has 0 aliphatic heterocycles. The van der Waals surface area contributed by atoms with Crippen molar-refractivity contribution in [1.29, 1.82) is 0 Å². The van der Waals surface area contributed by atoms with Gasteiger partial charge in [-0.15, -0.1) is 0 Å². The van der Waals surface area contributed by atoms with Gasteiger partial charge in [-0.1, -0.05) is 19.0 Å². The molecular formula is C13H21N5O. The minimum Gasteiger partial charge on any atom is -0.339 e. The molecule has 2 aromatic heterocycles. The molecule has 1 N–H and O–H groups in total. The van der Waals surface area contributed by atoms with Gasteiger partial charge in [-0.3, -0.25) is 0 Å². The van der Waals surface area contributed by atoms with Gasteiger partial charge in [-0.25, -0.2) is 4.98 Å². The van der Waals surface area contributed by atoms with Crippen LogP contribution < -0.4 is 5.32 Å². The first-order valence-electron chi connectivity index (χ1n) is 6.57. The predicted octanol–water partition coefficient (Wildman–Crippen LogP) is 1.65. The third-order valence-electron chi connectivity index (χ3n) is 3.07. The highest BCUT2D eigenvalue weighted by molar-refractivity contribution is 5.42. The number of hydrogen-bond donors (Lipinski definition) is 1. The van der Waals surface area contributed by atoms with Gasteiger partial charge in [0.15, 0.2) is 5.82 Å². The molecule has 1 unspecified atom stereocenters. The second-order valence-electron chi connectivity index (χ2n) is 5.19. The summed E-state index contributed by atoms with van der Waals surface area (Å²) in [4.78, 5) is 8.62. The summed E-state index contributed by atoms with van der Waals surface area (Å²) in [5.74, 6) is 2.55. The Balaban J connectivity index is 2.07. The van der Waals surface area contributed by atoms with Crippen LogP contribution in [0.3, 0.4) is 0 Å². The first-order valence-corrected chi connectivity index (χ1v) is 6.57. The van der Waals surface area contributed by atoms with E-state index >= 15 is 0 Å². The van der Waals surface area contributed by atoms with Crippen molar-refractivity contribution in [2.24, 2.45) is 13.0 Å². The van der Waals surface area contributed by atoms with Crippen molar-refractivity contribution in [3.63, 3.8) is 0 Å². The highest BCUT2D eigenvalue weighted by Crippen LogP contribution is 2.15. The van der Waals surface area contributed by atoms with Crippen LogP contribution in [0.1, 0.15) is 26.2 Å². The molecule has 6 heteroatoms. The summed E-state index contributed by atoms with van der Waals surface area (Å²) in [6.07, 6.45) is 5.41. The van der Waals surface area contributed by atoms with E-state index in [4.69, 9.17) is 4.52 Å². The van der Waals surface area contributed by atoms with Crippen molar-refractivity contribution in [2.75, 3.05) is 7.05 Å².